The van der Waals surface area contributed by atoms with E-state index in [1.807, 2.05) is 0 Å². The highest BCUT2D eigenvalue weighted by Gasteiger charge is 2.62. The van der Waals surface area contributed by atoms with Gasteiger partial charge in [-0.3, -0.25) is 14.9 Å². The van der Waals surface area contributed by atoms with Crippen LogP contribution < -0.4 is 5.32 Å². The fourth-order valence-corrected chi connectivity index (χ4v) is 2.44. The summed E-state index contributed by atoms with van der Waals surface area (Å²) >= 11 is 0. The molecule has 2 saturated heterocycles. The lowest BCUT2D eigenvalue weighted by atomic mass is 9.48. The largest absolute Gasteiger partial charge is 0.296 e. The molecule has 3 nitrogen and oxygen atoms in total. The molecule has 72 valence electrons. The molecule has 0 spiro atoms. The van der Waals surface area contributed by atoms with Crippen LogP contribution in [0.15, 0.2) is 0 Å². The third kappa shape index (κ3) is 0.901. The van der Waals surface area contributed by atoms with Gasteiger partial charge < -0.3 is 0 Å². The average Bonchev–Trinajstić information content (AvgIpc) is 1.77. The number of piperidine rings is 2. The minimum atomic E-state index is -0.272. The monoisotopic (exact) mass is 181 g/mol. The normalized spacial score (nSPS) is 38.2. The summed E-state index contributed by atoms with van der Waals surface area (Å²) in [7, 11) is 0. The van der Waals surface area contributed by atoms with Crippen molar-refractivity contribution in [2.24, 2.45) is 16.7 Å². The number of fused-ring (bicyclic) bond motifs is 2. The molecule has 1 N–H and O–H groups in total. The minimum absolute atomic E-state index is 0.0334. The highest BCUT2D eigenvalue weighted by atomic mass is 16.2. The van der Waals surface area contributed by atoms with E-state index in [0.29, 0.717) is 0 Å². The van der Waals surface area contributed by atoms with Crippen LogP contribution in [0, 0.1) is 16.7 Å². The van der Waals surface area contributed by atoms with E-state index in [1.54, 1.807) is 0 Å². The van der Waals surface area contributed by atoms with Crippen LogP contribution in [0.5, 0.6) is 0 Å². The van der Waals surface area contributed by atoms with Crippen LogP contribution >= 0.6 is 0 Å². The predicted octanol–water partition coefficient (Wildman–Crippen LogP) is 1.09. The highest BCUT2D eigenvalue weighted by Crippen LogP contribution is 2.58. The Kier molecular flexibility index (Phi) is 1.44. The van der Waals surface area contributed by atoms with Gasteiger partial charge in [0.2, 0.25) is 11.8 Å². The van der Waals surface area contributed by atoms with Gasteiger partial charge in [-0.25, -0.2) is 0 Å². The molecule has 3 fully saturated rings. The van der Waals surface area contributed by atoms with Crippen molar-refractivity contribution < 1.29 is 9.59 Å². The van der Waals surface area contributed by atoms with Gasteiger partial charge in [-0.2, -0.15) is 0 Å². The first-order valence-corrected chi connectivity index (χ1v) is 4.72. The van der Waals surface area contributed by atoms with Crippen LogP contribution in [0.3, 0.4) is 0 Å². The van der Waals surface area contributed by atoms with E-state index in [9.17, 15) is 9.59 Å². The lowest BCUT2D eigenvalue weighted by Crippen LogP contribution is -2.66. The summed E-state index contributed by atoms with van der Waals surface area (Å²) in [6.45, 7) is 6.20. The van der Waals surface area contributed by atoms with Gasteiger partial charge in [-0.05, 0) is 18.3 Å². The maximum absolute atomic E-state index is 11.7. The number of carbonyl (C=O) groups excluding carboxylic acids is 2. The zero-order valence-electron chi connectivity index (χ0n) is 8.31. The topological polar surface area (TPSA) is 46.2 Å². The molecule has 0 aromatic heterocycles. The Bertz CT molecular complexity index is 282. The molecule has 2 aliphatic heterocycles. The highest BCUT2D eigenvalue weighted by molar-refractivity contribution is 6.05. The Hall–Kier alpha value is -0.860. The van der Waals surface area contributed by atoms with E-state index in [-0.39, 0.29) is 28.6 Å². The number of hydrogen-bond acceptors (Lipinski definition) is 2. The lowest BCUT2D eigenvalue weighted by Gasteiger charge is -2.56. The Labute approximate surface area is 77.9 Å². The van der Waals surface area contributed by atoms with Crippen molar-refractivity contribution in [1.29, 1.82) is 0 Å². The van der Waals surface area contributed by atoms with Gasteiger partial charge in [-0.15, -0.1) is 0 Å². The van der Waals surface area contributed by atoms with E-state index in [0.717, 1.165) is 12.8 Å². The second kappa shape index (κ2) is 2.14. The molecule has 3 rings (SSSR count). The number of rotatable bonds is 0. The van der Waals surface area contributed by atoms with Crippen LogP contribution in [-0.2, 0) is 9.59 Å². The van der Waals surface area contributed by atoms with Crippen LogP contribution in [0.25, 0.3) is 0 Å². The van der Waals surface area contributed by atoms with Gasteiger partial charge >= 0.3 is 0 Å². The van der Waals surface area contributed by atoms with E-state index in [4.69, 9.17) is 0 Å². The number of carbonyl (C=O) groups is 2. The number of hydrogen-bond donors (Lipinski definition) is 1. The van der Waals surface area contributed by atoms with Crippen molar-refractivity contribution in [3.63, 3.8) is 0 Å². The fraction of sp³-hybridized carbons (Fsp3) is 0.800. The molecule has 0 aromatic carbocycles. The van der Waals surface area contributed by atoms with Crippen LogP contribution in [0.1, 0.15) is 33.6 Å². The second-order valence-corrected chi connectivity index (χ2v) is 5.26. The van der Waals surface area contributed by atoms with Gasteiger partial charge in [0.05, 0.1) is 5.41 Å². The molecule has 2 heterocycles. The molecule has 2 bridgehead atoms. The molecule has 2 amide bonds. The van der Waals surface area contributed by atoms with Crippen LogP contribution in [0.2, 0.25) is 0 Å². The van der Waals surface area contributed by atoms with Crippen molar-refractivity contribution in [2.45, 2.75) is 33.6 Å². The smallest absolute Gasteiger partial charge is 0.233 e. The molecule has 0 atom stereocenters. The third-order valence-electron chi connectivity index (χ3n) is 3.67. The van der Waals surface area contributed by atoms with Crippen molar-refractivity contribution >= 4 is 11.8 Å². The molecule has 3 aliphatic rings. The molecule has 3 heteroatoms. The Morgan fingerprint density at radius 3 is 2.23 bits per heavy atom. The quantitative estimate of drug-likeness (QED) is 0.568. The maximum Gasteiger partial charge on any atom is 0.233 e. The van der Waals surface area contributed by atoms with Crippen molar-refractivity contribution in [1.82, 2.24) is 5.32 Å². The first-order valence-electron chi connectivity index (χ1n) is 4.72. The molecule has 0 aromatic rings. The Morgan fingerprint density at radius 2 is 1.85 bits per heavy atom. The molecule has 0 radical (unpaired) electrons. The van der Waals surface area contributed by atoms with Crippen LogP contribution in [0.4, 0.5) is 0 Å². The minimum Gasteiger partial charge on any atom is -0.296 e. The van der Waals surface area contributed by atoms with Gasteiger partial charge in [-0.1, -0.05) is 20.8 Å². The molecular formula is C10H15NO2. The number of nitrogens with one attached hydrogen (secondary N) is 1. The van der Waals surface area contributed by atoms with Crippen molar-refractivity contribution in [3.05, 3.63) is 0 Å². The SMILES string of the molecule is CC(C)(C)C12CC(C1)C(=O)NC2=O. The lowest BCUT2D eigenvalue weighted by molar-refractivity contribution is -0.170. The van der Waals surface area contributed by atoms with Crippen LogP contribution in [-0.4, -0.2) is 11.8 Å². The van der Waals surface area contributed by atoms with E-state index in [2.05, 4.69) is 26.1 Å². The van der Waals surface area contributed by atoms with Crippen molar-refractivity contribution in [3.8, 4) is 0 Å². The zero-order valence-corrected chi connectivity index (χ0v) is 8.31. The van der Waals surface area contributed by atoms with Gasteiger partial charge in [0, 0.05) is 5.92 Å². The van der Waals surface area contributed by atoms with Gasteiger partial charge in [0.25, 0.3) is 0 Å². The number of amides is 2. The average molecular weight is 181 g/mol. The summed E-state index contributed by atoms with van der Waals surface area (Å²) in [6.07, 6.45) is 1.50. The predicted molar refractivity (Wildman–Crippen MR) is 47.8 cm³/mol. The Balaban J connectivity index is 2.31. The zero-order chi connectivity index (χ0) is 9.85. The molecule has 1 aliphatic carbocycles. The van der Waals surface area contributed by atoms with Crippen molar-refractivity contribution in [2.75, 3.05) is 0 Å². The first-order chi connectivity index (χ1) is 5.87. The molecule has 1 saturated carbocycles. The molecule has 0 unspecified atom stereocenters. The first kappa shape index (κ1) is 8.73. The standard InChI is InChI=1S/C10H15NO2/c1-9(2,3)10-4-6(5-10)7(12)11-8(10)13/h6H,4-5H2,1-3H3,(H,11,12,13). The Morgan fingerprint density at radius 1 is 1.31 bits per heavy atom. The number of imide groups is 1. The van der Waals surface area contributed by atoms with Gasteiger partial charge in [0.1, 0.15) is 0 Å². The fourth-order valence-electron chi connectivity index (χ4n) is 2.44. The van der Waals surface area contributed by atoms with Gasteiger partial charge in [0.15, 0.2) is 0 Å². The summed E-state index contributed by atoms with van der Waals surface area (Å²) in [4.78, 5) is 22.9. The maximum atomic E-state index is 11.7. The summed E-state index contributed by atoms with van der Waals surface area (Å²) in [5.74, 6) is -0.0412. The third-order valence-corrected chi connectivity index (χ3v) is 3.67. The molecule has 13 heavy (non-hydrogen) atoms. The molecular weight excluding hydrogens is 166 g/mol. The van der Waals surface area contributed by atoms with E-state index in [1.165, 1.54) is 0 Å². The van der Waals surface area contributed by atoms with E-state index >= 15 is 0 Å². The summed E-state index contributed by atoms with van der Waals surface area (Å²) in [6, 6.07) is 0. The summed E-state index contributed by atoms with van der Waals surface area (Å²) in [5, 5.41) is 2.45. The summed E-state index contributed by atoms with van der Waals surface area (Å²) in [5.41, 5.74) is -0.306. The summed E-state index contributed by atoms with van der Waals surface area (Å²) < 4.78 is 0. The van der Waals surface area contributed by atoms with E-state index < -0.39 is 0 Å². The second-order valence-electron chi connectivity index (χ2n) is 5.26.